The third-order valence-electron chi connectivity index (χ3n) is 3.06. The molecule has 4 nitrogen and oxygen atoms in total. The van der Waals surface area contributed by atoms with E-state index in [0.717, 1.165) is 23.0 Å². The number of aromatic nitrogens is 2. The van der Waals surface area contributed by atoms with Crippen LogP contribution in [0.1, 0.15) is 31.9 Å². The van der Waals surface area contributed by atoms with Crippen LogP contribution in [0.5, 0.6) is 0 Å². The summed E-state index contributed by atoms with van der Waals surface area (Å²) in [5, 5.41) is 10.1. The molecule has 2 atom stereocenters. The molecule has 3 N–H and O–H groups in total. The lowest BCUT2D eigenvalue weighted by atomic mass is 9.95. The van der Waals surface area contributed by atoms with Crippen molar-refractivity contribution in [3.8, 4) is 0 Å². The average Bonchev–Trinajstić information content (AvgIpc) is 2.65. The summed E-state index contributed by atoms with van der Waals surface area (Å²) in [5.74, 6) is 0.211. The minimum atomic E-state index is -0.479. The summed E-state index contributed by atoms with van der Waals surface area (Å²) >= 11 is 0. The van der Waals surface area contributed by atoms with E-state index in [2.05, 4.69) is 9.97 Å². The third kappa shape index (κ3) is 1.88. The van der Waals surface area contributed by atoms with Crippen molar-refractivity contribution in [3.63, 3.8) is 0 Å². The maximum atomic E-state index is 11.1. The molecule has 4 heteroatoms. The van der Waals surface area contributed by atoms with E-state index in [9.17, 15) is 9.90 Å². The van der Waals surface area contributed by atoms with Gasteiger partial charge in [0.05, 0.1) is 17.1 Å². The SMILES string of the molecule is CCC(C)C(O)c1ccc2[nH]c(=O)[nH]c2c1. The van der Waals surface area contributed by atoms with Crippen LogP contribution in [-0.4, -0.2) is 15.1 Å². The van der Waals surface area contributed by atoms with E-state index in [1.165, 1.54) is 0 Å². The summed E-state index contributed by atoms with van der Waals surface area (Å²) in [6.45, 7) is 4.05. The zero-order chi connectivity index (χ0) is 11.7. The predicted octanol–water partition coefficient (Wildman–Crippen LogP) is 1.94. The molecule has 0 aliphatic carbocycles. The Bertz CT molecular complexity index is 541. The normalized spacial score (nSPS) is 15.2. The standard InChI is InChI=1S/C12H16N2O2/c1-3-7(2)11(15)8-4-5-9-10(6-8)14-12(16)13-9/h4-7,11,15H,3H2,1-2H3,(H2,13,14,16). The molecule has 0 amide bonds. The van der Waals surface area contributed by atoms with Gasteiger partial charge in [-0.05, 0) is 23.6 Å². The van der Waals surface area contributed by atoms with E-state index < -0.39 is 6.10 Å². The smallest absolute Gasteiger partial charge is 0.323 e. The molecule has 2 rings (SSSR count). The number of nitrogens with one attached hydrogen (secondary N) is 2. The monoisotopic (exact) mass is 220 g/mol. The van der Waals surface area contributed by atoms with Gasteiger partial charge in [-0.15, -0.1) is 0 Å². The fourth-order valence-electron chi connectivity index (χ4n) is 1.79. The first-order valence-corrected chi connectivity index (χ1v) is 5.52. The molecule has 0 saturated carbocycles. The van der Waals surface area contributed by atoms with Crippen LogP contribution in [0, 0.1) is 5.92 Å². The minimum Gasteiger partial charge on any atom is -0.388 e. The van der Waals surface area contributed by atoms with E-state index in [0.29, 0.717) is 0 Å². The zero-order valence-electron chi connectivity index (χ0n) is 9.45. The molecule has 1 aromatic heterocycles. The van der Waals surface area contributed by atoms with Gasteiger partial charge in [-0.2, -0.15) is 0 Å². The first kappa shape index (κ1) is 11.0. The van der Waals surface area contributed by atoms with E-state index in [1.807, 2.05) is 32.0 Å². The summed E-state index contributed by atoms with van der Waals surface area (Å²) in [7, 11) is 0. The van der Waals surface area contributed by atoms with Gasteiger partial charge in [0.15, 0.2) is 0 Å². The highest BCUT2D eigenvalue weighted by Crippen LogP contribution is 2.25. The quantitative estimate of drug-likeness (QED) is 0.739. The van der Waals surface area contributed by atoms with Gasteiger partial charge in [-0.25, -0.2) is 4.79 Å². The van der Waals surface area contributed by atoms with Crippen molar-refractivity contribution < 1.29 is 5.11 Å². The summed E-state index contributed by atoms with van der Waals surface area (Å²) in [4.78, 5) is 16.4. The number of H-pyrrole nitrogens is 2. The molecule has 0 spiro atoms. The van der Waals surface area contributed by atoms with Crippen molar-refractivity contribution in [1.29, 1.82) is 0 Å². The first-order valence-electron chi connectivity index (χ1n) is 5.52. The second-order valence-corrected chi connectivity index (χ2v) is 4.21. The number of aliphatic hydroxyl groups excluding tert-OH is 1. The molecule has 0 radical (unpaired) electrons. The summed E-state index contributed by atoms with van der Waals surface area (Å²) in [5.41, 5.74) is 2.14. The Kier molecular flexibility index (Phi) is 2.83. The van der Waals surface area contributed by atoms with Crippen molar-refractivity contribution in [3.05, 3.63) is 34.2 Å². The topological polar surface area (TPSA) is 68.9 Å². The van der Waals surface area contributed by atoms with E-state index in [-0.39, 0.29) is 11.6 Å². The van der Waals surface area contributed by atoms with Gasteiger partial charge < -0.3 is 15.1 Å². The number of benzene rings is 1. The van der Waals surface area contributed by atoms with Crippen molar-refractivity contribution in [1.82, 2.24) is 9.97 Å². The lowest BCUT2D eigenvalue weighted by molar-refractivity contribution is 0.115. The lowest BCUT2D eigenvalue weighted by Gasteiger charge is -2.17. The van der Waals surface area contributed by atoms with E-state index in [1.54, 1.807) is 0 Å². The number of aliphatic hydroxyl groups is 1. The predicted molar refractivity (Wildman–Crippen MR) is 63.3 cm³/mol. The Morgan fingerprint density at radius 3 is 2.69 bits per heavy atom. The van der Waals surface area contributed by atoms with Crippen LogP contribution in [0.15, 0.2) is 23.0 Å². The van der Waals surface area contributed by atoms with Crippen LogP contribution >= 0.6 is 0 Å². The maximum Gasteiger partial charge on any atom is 0.323 e. The first-order chi connectivity index (χ1) is 7.61. The Morgan fingerprint density at radius 1 is 1.31 bits per heavy atom. The Hall–Kier alpha value is -1.55. The number of aromatic amines is 2. The second kappa shape index (κ2) is 4.14. The van der Waals surface area contributed by atoms with Gasteiger partial charge in [-0.3, -0.25) is 0 Å². The number of imidazole rings is 1. The molecule has 0 fully saturated rings. The van der Waals surface area contributed by atoms with Gasteiger partial charge in [0, 0.05) is 0 Å². The number of hydrogen-bond acceptors (Lipinski definition) is 2. The third-order valence-corrected chi connectivity index (χ3v) is 3.06. The van der Waals surface area contributed by atoms with Crippen molar-refractivity contribution in [2.45, 2.75) is 26.4 Å². The average molecular weight is 220 g/mol. The largest absolute Gasteiger partial charge is 0.388 e. The molecule has 1 heterocycles. The molecule has 86 valence electrons. The van der Waals surface area contributed by atoms with Crippen molar-refractivity contribution in [2.75, 3.05) is 0 Å². The summed E-state index contributed by atoms with van der Waals surface area (Å²) in [6, 6.07) is 5.49. The second-order valence-electron chi connectivity index (χ2n) is 4.21. The Balaban J connectivity index is 2.42. The van der Waals surface area contributed by atoms with Gasteiger partial charge >= 0.3 is 5.69 Å². The molecule has 0 aliphatic heterocycles. The molecule has 1 aromatic carbocycles. The minimum absolute atomic E-state index is 0.211. The number of rotatable bonds is 3. The van der Waals surface area contributed by atoms with Crippen LogP contribution in [-0.2, 0) is 0 Å². The molecular weight excluding hydrogens is 204 g/mol. The fraction of sp³-hybridized carbons (Fsp3) is 0.417. The van der Waals surface area contributed by atoms with Crippen LogP contribution in [0.3, 0.4) is 0 Å². The molecule has 16 heavy (non-hydrogen) atoms. The van der Waals surface area contributed by atoms with Crippen molar-refractivity contribution >= 4 is 11.0 Å². The molecule has 2 unspecified atom stereocenters. The highest BCUT2D eigenvalue weighted by molar-refractivity contribution is 5.75. The van der Waals surface area contributed by atoms with Gasteiger partial charge in [0.25, 0.3) is 0 Å². The zero-order valence-corrected chi connectivity index (χ0v) is 9.45. The molecule has 0 bridgehead atoms. The highest BCUT2D eigenvalue weighted by atomic mass is 16.3. The van der Waals surface area contributed by atoms with Crippen LogP contribution in [0.25, 0.3) is 11.0 Å². The van der Waals surface area contributed by atoms with E-state index >= 15 is 0 Å². The Labute approximate surface area is 93.3 Å². The summed E-state index contributed by atoms with van der Waals surface area (Å²) < 4.78 is 0. The summed E-state index contributed by atoms with van der Waals surface area (Å²) in [6.07, 6.45) is 0.441. The van der Waals surface area contributed by atoms with Crippen molar-refractivity contribution in [2.24, 2.45) is 5.92 Å². The Morgan fingerprint density at radius 2 is 2.00 bits per heavy atom. The van der Waals surface area contributed by atoms with Gasteiger partial charge in [-0.1, -0.05) is 26.3 Å². The van der Waals surface area contributed by atoms with Crippen LogP contribution in [0.2, 0.25) is 0 Å². The van der Waals surface area contributed by atoms with Gasteiger partial charge in [0.1, 0.15) is 0 Å². The lowest BCUT2D eigenvalue weighted by Crippen LogP contribution is -2.07. The number of fused-ring (bicyclic) bond motifs is 1. The van der Waals surface area contributed by atoms with Gasteiger partial charge in [0.2, 0.25) is 0 Å². The number of hydrogen-bond donors (Lipinski definition) is 3. The molecular formula is C12H16N2O2. The van der Waals surface area contributed by atoms with Crippen LogP contribution < -0.4 is 5.69 Å². The molecule has 0 aliphatic rings. The molecule has 2 aromatic rings. The highest BCUT2D eigenvalue weighted by Gasteiger charge is 2.15. The fourth-order valence-corrected chi connectivity index (χ4v) is 1.79. The van der Waals surface area contributed by atoms with E-state index in [4.69, 9.17) is 0 Å². The molecule has 0 saturated heterocycles. The maximum absolute atomic E-state index is 11.1. The van der Waals surface area contributed by atoms with Crippen LogP contribution in [0.4, 0.5) is 0 Å².